The molecule has 4 heteroatoms. The molecule has 0 spiro atoms. The zero-order chi connectivity index (χ0) is 11.0. The molecule has 4 nitrogen and oxygen atoms in total. The molecule has 84 valence electrons. The lowest BCUT2D eigenvalue weighted by Gasteiger charge is -2.06. The Morgan fingerprint density at radius 2 is 2.06 bits per heavy atom. The molecule has 0 radical (unpaired) electrons. The molecule has 1 fully saturated rings. The topological polar surface area (TPSA) is 44.8 Å². The largest absolute Gasteiger partial charge is 0.465 e. The highest BCUT2D eigenvalue weighted by Gasteiger charge is 2.27. The number of hydrogen-bond acceptors (Lipinski definition) is 4. The first-order valence-corrected chi connectivity index (χ1v) is 5.38. The van der Waals surface area contributed by atoms with E-state index in [0.29, 0.717) is 6.61 Å². The molecule has 1 aromatic carbocycles. The number of cyclic esters (lactones) is 1. The first-order chi connectivity index (χ1) is 7.83. The second-order valence-corrected chi connectivity index (χ2v) is 4.04. The second-order valence-electron chi connectivity index (χ2n) is 4.04. The van der Waals surface area contributed by atoms with Crippen LogP contribution in [0.3, 0.4) is 0 Å². The number of rotatable bonds is 2. The fourth-order valence-corrected chi connectivity index (χ4v) is 2.08. The van der Waals surface area contributed by atoms with E-state index < -0.39 is 0 Å². The van der Waals surface area contributed by atoms with Crippen molar-refractivity contribution in [2.45, 2.75) is 12.8 Å². The number of carbonyl (C=O) groups is 1. The van der Waals surface area contributed by atoms with Gasteiger partial charge in [-0.2, -0.15) is 0 Å². The van der Waals surface area contributed by atoms with Gasteiger partial charge >= 0.3 is 5.97 Å². The van der Waals surface area contributed by atoms with E-state index in [-0.39, 0.29) is 18.7 Å². The molecule has 16 heavy (non-hydrogen) atoms. The highest BCUT2D eigenvalue weighted by atomic mass is 16.7. The van der Waals surface area contributed by atoms with Crippen molar-refractivity contribution in [1.29, 1.82) is 0 Å². The van der Waals surface area contributed by atoms with Crippen molar-refractivity contribution in [2.24, 2.45) is 5.92 Å². The Hall–Kier alpha value is -1.71. The third-order valence-corrected chi connectivity index (χ3v) is 2.96. The minimum absolute atomic E-state index is 0.000344. The zero-order valence-corrected chi connectivity index (χ0v) is 8.77. The van der Waals surface area contributed by atoms with Gasteiger partial charge < -0.3 is 14.2 Å². The summed E-state index contributed by atoms with van der Waals surface area (Å²) in [5.74, 6) is 1.46. The molecule has 0 bridgehead atoms. The van der Waals surface area contributed by atoms with E-state index in [1.807, 2.05) is 18.2 Å². The van der Waals surface area contributed by atoms with Gasteiger partial charge in [0.15, 0.2) is 11.5 Å². The van der Waals surface area contributed by atoms with Crippen molar-refractivity contribution in [1.82, 2.24) is 0 Å². The molecule has 0 N–H and O–H groups in total. The Balaban J connectivity index is 1.77. The Labute approximate surface area is 93.1 Å². The summed E-state index contributed by atoms with van der Waals surface area (Å²) in [5.41, 5.74) is 1.09. The number of fused-ring (bicyclic) bond motifs is 1. The quantitative estimate of drug-likeness (QED) is 0.709. The summed E-state index contributed by atoms with van der Waals surface area (Å²) in [6.45, 7) is 0.832. The van der Waals surface area contributed by atoms with E-state index in [2.05, 4.69) is 0 Å². The Kier molecular flexibility index (Phi) is 2.20. The highest BCUT2D eigenvalue weighted by Crippen LogP contribution is 2.33. The average Bonchev–Trinajstić information content (AvgIpc) is 2.88. The minimum atomic E-state index is -0.0855. The van der Waals surface area contributed by atoms with E-state index >= 15 is 0 Å². The second kappa shape index (κ2) is 3.70. The van der Waals surface area contributed by atoms with Crippen molar-refractivity contribution >= 4 is 5.97 Å². The van der Waals surface area contributed by atoms with Gasteiger partial charge in [0.05, 0.1) is 12.5 Å². The lowest BCUT2D eigenvalue weighted by molar-refractivity contribution is -0.141. The minimum Gasteiger partial charge on any atom is -0.465 e. The fraction of sp³-hybridized carbons (Fsp3) is 0.417. The maximum absolute atomic E-state index is 11.3. The maximum Gasteiger partial charge on any atom is 0.309 e. The standard InChI is InChI=1S/C12H12O4/c13-12-9(3-4-14-12)5-8-1-2-10-11(6-8)16-7-15-10/h1-2,6,9H,3-5,7H2/t9-/m1/s1. The maximum atomic E-state index is 11.3. The van der Waals surface area contributed by atoms with Crippen LogP contribution in [0.1, 0.15) is 12.0 Å². The van der Waals surface area contributed by atoms with Crippen LogP contribution in [0, 0.1) is 5.92 Å². The normalized spacial score (nSPS) is 22.2. The lowest BCUT2D eigenvalue weighted by Crippen LogP contribution is -2.10. The highest BCUT2D eigenvalue weighted by molar-refractivity contribution is 5.74. The molecule has 1 atom stereocenters. The lowest BCUT2D eigenvalue weighted by atomic mass is 9.98. The van der Waals surface area contributed by atoms with Gasteiger partial charge in [0.2, 0.25) is 6.79 Å². The summed E-state index contributed by atoms with van der Waals surface area (Å²) in [6.07, 6.45) is 1.53. The summed E-state index contributed by atoms with van der Waals surface area (Å²) in [4.78, 5) is 11.3. The monoisotopic (exact) mass is 220 g/mol. The number of carbonyl (C=O) groups excluding carboxylic acids is 1. The Bertz CT molecular complexity index is 427. The van der Waals surface area contributed by atoms with Gasteiger partial charge in [-0.15, -0.1) is 0 Å². The molecular weight excluding hydrogens is 208 g/mol. The molecule has 0 amide bonds. The van der Waals surface area contributed by atoms with Crippen molar-refractivity contribution in [3.05, 3.63) is 23.8 Å². The summed E-state index contributed by atoms with van der Waals surface area (Å²) >= 11 is 0. The Morgan fingerprint density at radius 1 is 1.19 bits per heavy atom. The van der Waals surface area contributed by atoms with E-state index in [1.54, 1.807) is 0 Å². The Morgan fingerprint density at radius 3 is 2.88 bits per heavy atom. The van der Waals surface area contributed by atoms with E-state index in [0.717, 1.165) is 29.9 Å². The summed E-state index contributed by atoms with van der Waals surface area (Å²) < 4.78 is 15.5. The van der Waals surface area contributed by atoms with Crippen LogP contribution < -0.4 is 9.47 Å². The number of hydrogen-bond donors (Lipinski definition) is 0. The van der Waals surface area contributed by atoms with Crippen LogP contribution in [0.2, 0.25) is 0 Å². The first-order valence-electron chi connectivity index (χ1n) is 5.38. The van der Waals surface area contributed by atoms with Crippen molar-refractivity contribution < 1.29 is 19.0 Å². The number of ether oxygens (including phenoxy) is 3. The summed E-state index contributed by atoms with van der Waals surface area (Å²) in [5, 5.41) is 0. The fourth-order valence-electron chi connectivity index (χ4n) is 2.08. The number of esters is 1. The third kappa shape index (κ3) is 1.60. The molecular formula is C12H12O4. The van der Waals surface area contributed by atoms with Gasteiger partial charge in [-0.05, 0) is 30.5 Å². The van der Waals surface area contributed by atoms with E-state index in [4.69, 9.17) is 14.2 Å². The van der Waals surface area contributed by atoms with Gasteiger partial charge in [0.25, 0.3) is 0 Å². The predicted octanol–water partition coefficient (Wildman–Crippen LogP) is 1.52. The van der Waals surface area contributed by atoms with Crippen LogP contribution in [0.15, 0.2) is 18.2 Å². The van der Waals surface area contributed by atoms with Crippen LogP contribution in [-0.4, -0.2) is 19.4 Å². The molecule has 1 aromatic rings. The smallest absolute Gasteiger partial charge is 0.309 e. The molecule has 0 aromatic heterocycles. The van der Waals surface area contributed by atoms with Gasteiger partial charge in [-0.25, -0.2) is 0 Å². The molecule has 1 saturated heterocycles. The summed E-state index contributed by atoms with van der Waals surface area (Å²) in [6, 6.07) is 5.80. The average molecular weight is 220 g/mol. The van der Waals surface area contributed by atoms with Gasteiger partial charge in [-0.1, -0.05) is 6.07 Å². The van der Waals surface area contributed by atoms with Crippen molar-refractivity contribution in [2.75, 3.05) is 13.4 Å². The van der Waals surface area contributed by atoms with Gasteiger partial charge in [0.1, 0.15) is 0 Å². The summed E-state index contributed by atoms with van der Waals surface area (Å²) in [7, 11) is 0. The third-order valence-electron chi connectivity index (χ3n) is 2.96. The van der Waals surface area contributed by atoms with Crippen LogP contribution in [0.25, 0.3) is 0 Å². The van der Waals surface area contributed by atoms with Crippen molar-refractivity contribution in [3.63, 3.8) is 0 Å². The molecule has 0 aliphatic carbocycles. The zero-order valence-electron chi connectivity index (χ0n) is 8.77. The first kappa shape index (κ1) is 9.51. The number of benzene rings is 1. The molecule has 2 heterocycles. The molecule has 0 saturated carbocycles. The predicted molar refractivity (Wildman–Crippen MR) is 55.3 cm³/mol. The van der Waals surface area contributed by atoms with E-state index in [9.17, 15) is 4.79 Å². The SMILES string of the molecule is O=C1OCC[C@@H]1Cc1ccc2c(c1)OCO2. The van der Waals surface area contributed by atoms with Crippen LogP contribution in [-0.2, 0) is 16.0 Å². The molecule has 2 aliphatic heterocycles. The van der Waals surface area contributed by atoms with Crippen LogP contribution >= 0.6 is 0 Å². The molecule has 0 unspecified atom stereocenters. The van der Waals surface area contributed by atoms with E-state index in [1.165, 1.54) is 0 Å². The van der Waals surface area contributed by atoms with Crippen LogP contribution in [0.5, 0.6) is 11.5 Å². The van der Waals surface area contributed by atoms with Gasteiger partial charge in [-0.3, -0.25) is 4.79 Å². The van der Waals surface area contributed by atoms with Crippen LogP contribution in [0.4, 0.5) is 0 Å². The van der Waals surface area contributed by atoms with Gasteiger partial charge in [0, 0.05) is 0 Å². The molecule has 2 aliphatic rings. The van der Waals surface area contributed by atoms with Crippen molar-refractivity contribution in [3.8, 4) is 11.5 Å². The molecule has 3 rings (SSSR count).